The topological polar surface area (TPSA) is 37.0 Å². The van der Waals surface area contributed by atoms with Crippen LogP contribution in [0, 0.1) is 5.92 Å². The Kier molecular flexibility index (Phi) is 2.41. The van der Waals surface area contributed by atoms with Crippen molar-refractivity contribution >= 4 is 21.7 Å². The van der Waals surface area contributed by atoms with Crippen LogP contribution in [0.15, 0.2) is 22.8 Å². The number of hydrogen-bond acceptors (Lipinski definition) is 3. The molecule has 2 N–H and O–H groups in total. The van der Waals surface area contributed by atoms with E-state index in [0.29, 0.717) is 12.1 Å². The van der Waals surface area contributed by atoms with Crippen molar-refractivity contribution in [2.24, 2.45) is 5.92 Å². The SMILES string of the molecule is Brc1ccc(N[C@@H]2C[C@H]3CN[C@H]2C3)nc1. The van der Waals surface area contributed by atoms with E-state index >= 15 is 0 Å². The van der Waals surface area contributed by atoms with Crippen LogP contribution in [0.1, 0.15) is 12.8 Å². The summed E-state index contributed by atoms with van der Waals surface area (Å²) >= 11 is 3.39. The van der Waals surface area contributed by atoms with Crippen molar-refractivity contribution in [3.63, 3.8) is 0 Å². The molecule has 80 valence electrons. The summed E-state index contributed by atoms with van der Waals surface area (Å²) in [7, 11) is 0. The van der Waals surface area contributed by atoms with Crippen LogP contribution in [0.4, 0.5) is 5.82 Å². The maximum absolute atomic E-state index is 4.34. The van der Waals surface area contributed by atoms with E-state index in [1.807, 2.05) is 18.3 Å². The van der Waals surface area contributed by atoms with Crippen molar-refractivity contribution < 1.29 is 0 Å². The standard InChI is InChI=1S/C11H14BrN3/c12-8-1-2-11(14-6-8)15-10-4-7-3-9(10)13-5-7/h1-2,6-7,9-10,13H,3-5H2,(H,14,15)/t7-,9-,10+/m0/s1. The number of nitrogens with zero attached hydrogens (tertiary/aromatic N) is 1. The largest absolute Gasteiger partial charge is 0.366 e. The molecule has 2 fully saturated rings. The molecule has 1 saturated carbocycles. The lowest BCUT2D eigenvalue weighted by molar-refractivity contribution is 0.465. The fourth-order valence-electron chi connectivity index (χ4n) is 2.66. The second-order valence-corrected chi connectivity index (χ2v) is 5.38. The first-order valence-corrected chi connectivity index (χ1v) is 6.22. The van der Waals surface area contributed by atoms with E-state index < -0.39 is 0 Å². The van der Waals surface area contributed by atoms with E-state index in [4.69, 9.17) is 0 Å². The summed E-state index contributed by atoms with van der Waals surface area (Å²) < 4.78 is 1.03. The van der Waals surface area contributed by atoms with Crippen LogP contribution in [0.5, 0.6) is 0 Å². The first-order valence-electron chi connectivity index (χ1n) is 5.43. The monoisotopic (exact) mass is 267 g/mol. The van der Waals surface area contributed by atoms with Gasteiger partial charge in [0.05, 0.1) is 0 Å². The normalized spacial score (nSPS) is 33.3. The summed E-state index contributed by atoms with van der Waals surface area (Å²) in [6, 6.07) is 5.27. The fraction of sp³-hybridized carbons (Fsp3) is 0.545. The van der Waals surface area contributed by atoms with Gasteiger partial charge in [0.2, 0.25) is 0 Å². The van der Waals surface area contributed by atoms with Gasteiger partial charge in [-0.1, -0.05) is 0 Å². The molecular formula is C11H14BrN3. The van der Waals surface area contributed by atoms with E-state index in [9.17, 15) is 0 Å². The number of rotatable bonds is 2. The van der Waals surface area contributed by atoms with Gasteiger partial charge in [0.15, 0.2) is 0 Å². The third kappa shape index (κ3) is 1.88. The van der Waals surface area contributed by atoms with Crippen LogP contribution in [-0.4, -0.2) is 23.6 Å². The Labute approximate surface area is 97.8 Å². The highest BCUT2D eigenvalue weighted by atomic mass is 79.9. The Balaban J connectivity index is 1.68. The van der Waals surface area contributed by atoms with Crippen molar-refractivity contribution in [1.82, 2.24) is 10.3 Å². The van der Waals surface area contributed by atoms with Crippen LogP contribution < -0.4 is 10.6 Å². The first kappa shape index (κ1) is 9.60. The van der Waals surface area contributed by atoms with Gasteiger partial charge in [-0.05, 0) is 53.4 Å². The molecule has 0 aromatic carbocycles. The highest BCUT2D eigenvalue weighted by molar-refractivity contribution is 9.10. The molecule has 2 heterocycles. The number of piperidine rings is 1. The van der Waals surface area contributed by atoms with Gasteiger partial charge in [-0.15, -0.1) is 0 Å². The summed E-state index contributed by atoms with van der Waals surface area (Å²) in [5.41, 5.74) is 0. The van der Waals surface area contributed by atoms with Crippen LogP contribution in [0.25, 0.3) is 0 Å². The molecule has 3 rings (SSSR count). The lowest BCUT2D eigenvalue weighted by Crippen LogP contribution is -2.41. The second kappa shape index (κ2) is 3.76. The molecule has 3 nitrogen and oxygen atoms in total. The second-order valence-electron chi connectivity index (χ2n) is 4.46. The molecule has 0 spiro atoms. The fourth-order valence-corrected chi connectivity index (χ4v) is 2.90. The summed E-state index contributed by atoms with van der Waals surface area (Å²) in [5, 5.41) is 7.04. The molecule has 4 heteroatoms. The highest BCUT2D eigenvalue weighted by Crippen LogP contribution is 2.32. The molecule has 0 amide bonds. The quantitative estimate of drug-likeness (QED) is 0.861. The van der Waals surface area contributed by atoms with Crippen LogP contribution in [0.3, 0.4) is 0 Å². The van der Waals surface area contributed by atoms with Gasteiger partial charge in [-0.2, -0.15) is 0 Å². The van der Waals surface area contributed by atoms with Crippen molar-refractivity contribution in [3.05, 3.63) is 22.8 Å². The lowest BCUT2D eigenvalue weighted by Gasteiger charge is -2.24. The number of anilines is 1. The van der Waals surface area contributed by atoms with E-state index in [1.54, 1.807) is 0 Å². The molecule has 0 radical (unpaired) electrons. The predicted molar refractivity (Wildman–Crippen MR) is 63.9 cm³/mol. The van der Waals surface area contributed by atoms with Crippen molar-refractivity contribution in [2.75, 3.05) is 11.9 Å². The summed E-state index contributed by atoms with van der Waals surface area (Å²) in [6.45, 7) is 1.20. The summed E-state index contributed by atoms with van der Waals surface area (Å²) in [4.78, 5) is 4.34. The molecule has 1 aliphatic carbocycles. The minimum atomic E-state index is 0.567. The third-order valence-corrected chi connectivity index (χ3v) is 3.86. The van der Waals surface area contributed by atoms with Gasteiger partial charge >= 0.3 is 0 Å². The Hall–Kier alpha value is -0.610. The molecular weight excluding hydrogens is 254 g/mol. The minimum absolute atomic E-state index is 0.567. The number of aromatic nitrogens is 1. The number of halogens is 1. The smallest absolute Gasteiger partial charge is 0.126 e. The van der Waals surface area contributed by atoms with Crippen molar-refractivity contribution in [3.8, 4) is 0 Å². The zero-order chi connectivity index (χ0) is 10.3. The van der Waals surface area contributed by atoms with Crippen LogP contribution in [0.2, 0.25) is 0 Å². The molecule has 2 aliphatic rings. The molecule has 1 saturated heterocycles. The number of nitrogens with one attached hydrogen (secondary N) is 2. The number of fused-ring (bicyclic) bond motifs is 2. The molecule has 15 heavy (non-hydrogen) atoms. The zero-order valence-corrected chi connectivity index (χ0v) is 10.00. The van der Waals surface area contributed by atoms with E-state index in [1.165, 1.54) is 19.4 Å². The maximum atomic E-state index is 4.34. The minimum Gasteiger partial charge on any atom is -0.366 e. The van der Waals surface area contributed by atoms with E-state index in [0.717, 1.165) is 16.2 Å². The predicted octanol–water partition coefficient (Wildman–Crippen LogP) is 2.01. The molecule has 2 bridgehead atoms. The molecule has 0 unspecified atom stereocenters. The van der Waals surface area contributed by atoms with E-state index in [2.05, 4.69) is 31.5 Å². The zero-order valence-electron chi connectivity index (χ0n) is 8.41. The third-order valence-electron chi connectivity index (χ3n) is 3.39. The molecule has 1 aromatic heterocycles. The molecule has 1 aliphatic heterocycles. The van der Waals surface area contributed by atoms with Crippen LogP contribution >= 0.6 is 15.9 Å². The van der Waals surface area contributed by atoms with E-state index in [-0.39, 0.29) is 0 Å². The molecule has 1 aromatic rings. The van der Waals surface area contributed by atoms with Gasteiger partial charge in [0.1, 0.15) is 5.82 Å². The summed E-state index contributed by atoms with van der Waals surface area (Å²) in [5.74, 6) is 1.86. The summed E-state index contributed by atoms with van der Waals surface area (Å²) in [6.07, 6.45) is 4.45. The average molecular weight is 268 g/mol. The Morgan fingerprint density at radius 1 is 1.40 bits per heavy atom. The van der Waals surface area contributed by atoms with Crippen LogP contribution in [-0.2, 0) is 0 Å². The highest BCUT2D eigenvalue weighted by Gasteiger charge is 2.39. The van der Waals surface area contributed by atoms with Gasteiger partial charge in [-0.25, -0.2) is 4.98 Å². The van der Waals surface area contributed by atoms with Crippen molar-refractivity contribution in [1.29, 1.82) is 0 Å². The van der Waals surface area contributed by atoms with Gasteiger partial charge in [-0.3, -0.25) is 0 Å². The van der Waals surface area contributed by atoms with Crippen molar-refractivity contribution in [2.45, 2.75) is 24.9 Å². The number of pyridine rings is 1. The lowest BCUT2D eigenvalue weighted by atomic mass is 10.1. The Morgan fingerprint density at radius 2 is 2.33 bits per heavy atom. The molecule has 3 atom stereocenters. The van der Waals surface area contributed by atoms with Gasteiger partial charge in [0, 0.05) is 22.8 Å². The first-order chi connectivity index (χ1) is 7.31. The van der Waals surface area contributed by atoms with Gasteiger partial charge in [0.25, 0.3) is 0 Å². The Morgan fingerprint density at radius 3 is 2.93 bits per heavy atom. The number of hydrogen-bond donors (Lipinski definition) is 2. The Bertz CT molecular complexity index is 351. The van der Waals surface area contributed by atoms with Gasteiger partial charge < -0.3 is 10.6 Å². The maximum Gasteiger partial charge on any atom is 0.126 e. The average Bonchev–Trinajstić information content (AvgIpc) is 2.83.